The van der Waals surface area contributed by atoms with Crippen LogP contribution in [0.1, 0.15) is 25.7 Å². The van der Waals surface area contributed by atoms with Gasteiger partial charge in [-0.15, -0.1) is 0 Å². The molecule has 0 aromatic carbocycles. The van der Waals surface area contributed by atoms with Crippen molar-refractivity contribution in [1.82, 2.24) is 0 Å². The van der Waals surface area contributed by atoms with E-state index in [1.165, 1.54) is 5.57 Å². The summed E-state index contributed by atoms with van der Waals surface area (Å²) in [5, 5.41) is 18.3. The van der Waals surface area contributed by atoms with Crippen LogP contribution in [0.2, 0.25) is 0 Å². The average Bonchev–Trinajstić information content (AvgIpc) is 2.25. The molecule has 0 saturated heterocycles. The molecule has 1 aliphatic carbocycles. The second-order valence-corrected chi connectivity index (χ2v) is 3.69. The quantitative estimate of drug-likeness (QED) is 0.503. The SMILES string of the molecule is C=C1CCCC(O)[C@H](/C=C/CO)C1. The van der Waals surface area contributed by atoms with Crippen LogP contribution in [0.25, 0.3) is 0 Å². The van der Waals surface area contributed by atoms with Gasteiger partial charge in [-0.2, -0.15) is 0 Å². The van der Waals surface area contributed by atoms with E-state index in [9.17, 15) is 5.11 Å². The summed E-state index contributed by atoms with van der Waals surface area (Å²) in [5.74, 6) is 0.155. The summed E-state index contributed by atoms with van der Waals surface area (Å²) in [6.07, 6.45) is 7.11. The lowest BCUT2D eigenvalue weighted by Crippen LogP contribution is -2.16. The maximum absolute atomic E-state index is 9.72. The molecule has 2 heteroatoms. The van der Waals surface area contributed by atoms with Gasteiger partial charge in [0.05, 0.1) is 12.7 Å². The van der Waals surface area contributed by atoms with Gasteiger partial charge in [-0.05, 0) is 25.7 Å². The van der Waals surface area contributed by atoms with E-state index in [0.717, 1.165) is 25.7 Å². The Morgan fingerprint density at radius 3 is 3.00 bits per heavy atom. The Labute approximate surface area is 79.6 Å². The number of hydrogen-bond donors (Lipinski definition) is 2. The number of hydrogen-bond acceptors (Lipinski definition) is 2. The van der Waals surface area contributed by atoms with Gasteiger partial charge in [0.15, 0.2) is 0 Å². The van der Waals surface area contributed by atoms with Gasteiger partial charge in [-0.1, -0.05) is 24.3 Å². The molecule has 0 aromatic rings. The summed E-state index contributed by atoms with van der Waals surface area (Å²) in [6.45, 7) is 4.01. The van der Waals surface area contributed by atoms with E-state index in [4.69, 9.17) is 5.11 Å². The Morgan fingerprint density at radius 1 is 1.54 bits per heavy atom. The second-order valence-electron chi connectivity index (χ2n) is 3.69. The molecule has 0 aromatic heterocycles. The van der Waals surface area contributed by atoms with Crippen molar-refractivity contribution < 1.29 is 10.2 Å². The Kier molecular flexibility index (Phi) is 4.19. The van der Waals surface area contributed by atoms with Crippen molar-refractivity contribution in [2.75, 3.05) is 6.61 Å². The molecule has 1 unspecified atom stereocenters. The van der Waals surface area contributed by atoms with Gasteiger partial charge in [0, 0.05) is 5.92 Å². The topological polar surface area (TPSA) is 40.5 Å². The van der Waals surface area contributed by atoms with Gasteiger partial charge >= 0.3 is 0 Å². The van der Waals surface area contributed by atoms with Crippen LogP contribution in [0, 0.1) is 5.92 Å². The van der Waals surface area contributed by atoms with E-state index < -0.39 is 0 Å². The van der Waals surface area contributed by atoms with E-state index in [2.05, 4.69) is 6.58 Å². The third-order valence-corrected chi connectivity index (χ3v) is 2.54. The fourth-order valence-corrected chi connectivity index (χ4v) is 1.78. The lowest BCUT2D eigenvalue weighted by atomic mass is 9.95. The van der Waals surface area contributed by atoms with Crippen molar-refractivity contribution in [3.05, 3.63) is 24.3 Å². The zero-order valence-electron chi connectivity index (χ0n) is 7.95. The van der Waals surface area contributed by atoms with Crippen molar-refractivity contribution >= 4 is 0 Å². The Balaban J connectivity index is 2.56. The second kappa shape index (κ2) is 5.20. The predicted molar refractivity (Wildman–Crippen MR) is 53.3 cm³/mol. The fraction of sp³-hybridized carbons (Fsp3) is 0.636. The van der Waals surface area contributed by atoms with E-state index in [0.29, 0.717) is 0 Å². The highest BCUT2D eigenvalue weighted by Crippen LogP contribution is 2.27. The summed E-state index contributed by atoms with van der Waals surface area (Å²) in [5.41, 5.74) is 1.21. The minimum absolute atomic E-state index is 0.0513. The molecule has 1 aliphatic rings. The highest BCUT2D eigenvalue weighted by atomic mass is 16.3. The fourth-order valence-electron chi connectivity index (χ4n) is 1.78. The average molecular weight is 182 g/mol. The molecule has 2 atom stereocenters. The van der Waals surface area contributed by atoms with E-state index in [1.54, 1.807) is 6.08 Å². The lowest BCUT2D eigenvalue weighted by Gasteiger charge is -2.16. The van der Waals surface area contributed by atoms with Crippen LogP contribution in [-0.2, 0) is 0 Å². The maximum Gasteiger partial charge on any atom is 0.0612 e. The lowest BCUT2D eigenvalue weighted by molar-refractivity contribution is 0.124. The first-order chi connectivity index (χ1) is 6.24. The van der Waals surface area contributed by atoms with E-state index in [-0.39, 0.29) is 18.6 Å². The zero-order valence-corrected chi connectivity index (χ0v) is 7.95. The smallest absolute Gasteiger partial charge is 0.0612 e. The number of aliphatic hydroxyl groups excluding tert-OH is 2. The molecule has 0 amide bonds. The van der Waals surface area contributed by atoms with Gasteiger partial charge in [0.1, 0.15) is 0 Å². The molecule has 0 aliphatic heterocycles. The van der Waals surface area contributed by atoms with Crippen LogP contribution in [0.5, 0.6) is 0 Å². The van der Waals surface area contributed by atoms with Crippen molar-refractivity contribution in [2.24, 2.45) is 5.92 Å². The van der Waals surface area contributed by atoms with Crippen LogP contribution in [0.3, 0.4) is 0 Å². The van der Waals surface area contributed by atoms with Gasteiger partial charge in [0.25, 0.3) is 0 Å². The summed E-state index contributed by atoms with van der Waals surface area (Å²) in [4.78, 5) is 0. The molecule has 2 nitrogen and oxygen atoms in total. The summed E-state index contributed by atoms with van der Waals surface area (Å²) in [7, 11) is 0. The summed E-state index contributed by atoms with van der Waals surface area (Å²) < 4.78 is 0. The molecule has 74 valence electrons. The molecule has 13 heavy (non-hydrogen) atoms. The number of allylic oxidation sites excluding steroid dienone is 1. The standard InChI is InChI=1S/C11H18O2/c1-9-4-2-6-11(13)10(8-9)5-3-7-12/h3,5,10-13H,1-2,4,6-8H2/b5-3+/t10-,11?/m1/s1. The monoisotopic (exact) mass is 182 g/mol. The number of aliphatic hydroxyl groups is 2. The molecule has 1 rings (SSSR count). The van der Waals surface area contributed by atoms with Crippen LogP contribution in [0.4, 0.5) is 0 Å². The molecule has 1 saturated carbocycles. The Bertz CT molecular complexity index is 196. The van der Waals surface area contributed by atoms with Crippen LogP contribution >= 0.6 is 0 Å². The first-order valence-electron chi connectivity index (χ1n) is 4.86. The molecular weight excluding hydrogens is 164 g/mol. The highest BCUT2D eigenvalue weighted by molar-refractivity contribution is 5.05. The van der Waals surface area contributed by atoms with Gasteiger partial charge in [0.2, 0.25) is 0 Å². The molecule has 2 N–H and O–H groups in total. The Morgan fingerprint density at radius 2 is 2.31 bits per heavy atom. The minimum atomic E-state index is -0.262. The van der Waals surface area contributed by atoms with Crippen molar-refractivity contribution in [2.45, 2.75) is 31.8 Å². The molecule has 1 fully saturated rings. The van der Waals surface area contributed by atoms with Gasteiger partial charge in [-0.3, -0.25) is 0 Å². The van der Waals surface area contributed by atoms with Crippen LogP contribution < -0.4 is 0 Å². The highest BCUT2D eigenvalue weighted by Gasteiger charge is 2.20. The molecule has 0 radical (unpaired) electrons. The molecule has 0 bridgehead atoms. The van der Waals surface area contributed by atoms with Crippen LogP contribution in [-0.4, -0.2) is 22.9 Å². The number of rotatable bonds is 2. The third-order valence-electron chi connectivity index (χ3n) is 2.54. The van der Waals surface area contributed by atoms with Gasteiger partial charge < -0.3 is 10.2 Å². The normalized spacial score (nSPS) is 30.8. The summed E-state index contributed by atoms with van der Waals surface area (Å²) in [6, 6.07) is 0. The molecular formula is C11H18O2. The molecule has 0 spiro atoms. The van der Waals surface area contributed by atoms with E-state index >= 15 is 0 Å². The first-order valence-corrected chi connectivity index (χ1v) is 4.86. The molecule has 0 heterocycles. The Hall–Kier alpha value is -0.600. The predicted octanol–water partition coefficient (Wildman–Crippen LogP) is 1.64. The van der Waals surface area contributed by atoms with Crippen molar-refractivity contribution in [1.29, 1.82) is 0 Å². The van der Waals surface area contributed by atoms with Crippen LogP contribution in [0.15, 0.2) is 24.3 Å². The van der Waals surface area contributed by atoms with Crippen molar-refractivity contribution in [3.8, 4) is 0 Å². The zero-order chi connectivity index (χ0) is 9.68. The maximum atomic E-state index is 9.72. The largest absolute Gasteiger partial charge is 0.393 e. The van der Waals surface area contributed by atoms with E-state index in [1.807, 2.05) is 6.08 Å². The minimum Gasteiger partial charge on any atom is -0.393 e. The third kappa shape index (κ3) is 3.33. The first kappa shape index (κ1) is 10.5. The summed E-state index contributed by atoms with van der Waals surface area (Å²) >= 11 is 0. The van der Waals surface area contributed by atoms with Crippen molar-refractivity contribution in [3.63, 3.8) is 0 Å². The van der Waals surface area contributed by atoms with Gasteiger partial charge in [-0.25, -0.2) is 0 Å².